The van der Waals surface area contributed by atoms with Crippen molar-refractivity contribution in [2.24, 2.45) is 5.92 Å². The van der Waals surface area contributed by atoms with E-state index < -0.39 is 0 Å². The van der Waals surface area contributed by atoms with Crippen molar-refractivity contribution < 1.29 is 19.1 Å². The molecule has 2 aromatic rings. The van der Waals surface area contributed by atoms with E-state index in [-0.39, 0.29) is 24.2 Å². The van der Waals surface area contributed by atoms with Gasteiger partial charge in [-0.3, -0.25) is 9.59 Å². The van der Waals surface area contributed by atoms with Gasteiger partial charge in [-0.05, 0) is 29.8 Å². The van der Waals surface area contributed by atoms with Crippen LogP contribution in [0.5, 0.6) is 11.5 Å². The normalized spacial score (nSPS) is 17.0. The van der Waals surface area contributed by atoms with Crippen molar-refractivity contribution in [2.45, 2.75) is 13.0 Å². The zero-order valence-electron chi connectivity index (χ0n) is 13.5. The van der Waals surface area contributed by atoms with E-state index in [1.807, 2.05) is 54.6 Å². The molecule has 24 heavy (non-hydrogen) atoms. The molecule has 2 aromatic carbocycles. The molecule has 0 spiro atoms. The van der Waals surface area contributed by atoms with Crippen LogP contribution >= 0.6 is 0 Å². The number of hydrogen-bond donors (Lipinski definition) is 0. The number of para-hydroxylation sites is 1. The van der Waals surface area contributed by atoms with Crippen LogP contribution in [0.3, 0.4) is 0 Å². The number of carbonyl (C=O) groups is 2. The summed E-state index contributed by atoms with van der Waals surface area (Å²) in [6.45, 7) is 0.895. The summed E-state index contributed by atoms with van der Waals surface area (Å²) >= 11 is 0. The maximum Gasteiger partial charge on any atom is 0.310 e. The number of likely N-dealkylation sites (tertiary alicyclic amines) is 1. The minimum absolute atomic E-state index is 0.0185. The van der Waals surface area contributed by atoms with Gasteiger partial charge in [-0.15, -0.1) is 0 Å². The van der Waals surface area contributed by atoms with Crippen LogP contribution in [0.25, 0.3) is 0 Å². The van der Waals surface area contributed by atoms with Crippen molar-refractivity contribution in [3.8, 4) is 11.5 Å². The van der Waals surface area contributed by atoms with Gasteiger partial charge >= 0.3 is 5.97 Å². The zero-order chi connectivity index (χ0) is 16.9. The van der Waals surface area contributed by atoms with Crippen LogP contribution in [0, 0.1) is 5.92 Å². The molecule has 0 radical (unpaired) electrons. The number of nitrogens with zero attached hydrogens (tertiary/aromatic N) is 1. The van der Waals surface area contributed by atoms with Crippen molar-refractivity contribution in [3.63, 3.8) is 0 Å². The number of amides is 1. The lowest BCUT2D eigenvalue weighted by atomic mass is 10.1. The molecule has 5 heteroatoms. The molecule has 0 bridgehead atoms. The molecule has 3 rings (SSSR count). The number of carbonyl (C=O) groups excluding carboxylic acids is 2. The van der Waals surface area contributed by atoms with Crippen molar-refractivity contribution >= 4 is 11.9 Å². The first kappa shape index (κ1) is 16.1. The lowest BCUT2D eigenvalue weighted by molar-refractivity contribution is -0.145. The molecule has 1 fully saturated rings. The van der Waals surface area contributed by atoms with Crippen LogP contribution in [0.2, 0.25) is 0 Å². The lowest BCUT2D eigenvalue weighted by Crippen LogP contribution is -2.26. The lowest BCUT2D eigenvalue weighted by Gasteiger charge is -2.16. The molecule has 124 valence electrons. The van der Waals surface area contributed by atoms with Crippen LogP contribution in [0.4, 0.5) is 0 Å². The summed E-state index contributed by atoms with van der Waals surface area (Å²) in [4.78, 5) is 25.3. The maximum absolute atomic E-state index is 12.0. The third-order valence-corrected chi connectivity index (χ3v) is 4.02. The topological polar surface area (TPSA) is 55.8 Å². The van der Waals surface area contributed by atoms with Crippen molar-refractivity contribution in [1.29, 1.82) is 0 Å². The monoisotopic (exact) mass is 325 g/mol. The highest BCUT2D eigenvalue weighted by Crippen LogP contribution is 2.24. The number of esters is 1. The summed E-state index contributed by atoms with van der Waals surface area (Å²) in [6, 6.07) is 17.2. The van der Waals surface area contributed by atoms with Crippen LogP contribution in [0.1, 0.15) is 12.0 Å². The van der Waals surface area contributed by atoms with Gasteiger partial charge in [0.2, 0.25) is 5.91 Å². The standard InChI is InChI=1S/C19H19NO4/c1-23-19(22)15-11-18(21)20(13-15)12-14-7-9-17(10-8-14)24-16-5-3-2-4-6-16/h2-10,15H,11-13H2,1H3. The number of benzene rings is 2. The molecular weight excluding hydrogens is 306 g/mol. The summed E-state index contributed by atoms with van der Waals surface area (Å²) in [7, 11) is 1.35. The Morgan fingerprint density at radius 1 is 1.08 bits per heavy atom. The molecule has 5 nitrogen and oxygen atoms in total. The molecule has 0 aliphatic carbocycles. The van der Waals surface area contributed by atoms with Gasteiger partial charge in [0.05, 0.1) is 13.0 Å². The SMILES string of the molecule is COC(=O)C1CC(=O)N(Cc2ccc(Oc3ccccc3)cc2)C1. The first-order valence-corrected chi connectivity index (χ1v) is 7.83. The molecule has 0 saturated carbocycles. The fourth-order valence-electron chi connectivity index (χ4n) is 2.76. The predicted molar refractivity (Wildman–Crippen MR) is 88.5 cm³/mol. The largest absolute Gasteiger partial charge is 0.469 e. The van der Waals surface area contributed by atoms with E-state index in [2.05, 4.69) is 0 Å². The number of rotatable bonds is 5. The average molecular weight is 325 g/mol. The molecule has 1 saturated heterocycles. The molecule has 0 N–H and O–H groups in total. The van der Waals surface area contributed by atoms with Crippen molar-refractivity contribution in [2.75, 3.05) is 13.7 Å². The Morgan fingerprint density at radius 2 is 1.75 bits per heavy atom. The summed E-state index contributed by atoms with van der Waals surface area (Å²) in [5.74, 6) is 0.821. The first-order chi connectivity index (χ1) is 11.7. The summed E-state index contributed by atoms with van der Waals surface area (Å²) in [5, 5.41) is 0. The van der Waals surface area contributed by atoms with Crippen LogP contribution in [0.15, 0.2) is 54.6 Å². The molecule has 0 aromatic heterocycles. The Kier molecular flexibility index (Phi) is 4.79. The van der Waals surface area contributed by atoms with E-state index in [4.69, 9.17) is 9.47 Å². The first-order valence-electron chi connectivity index (χ1n) is 7.83. The molecule has 1 atom stereocenters. The second-order valence-electron chi connectivity index (χ2n) is 5.76. The van der Waals surface area contributed by atoms with E-state index in [0.717, 1.165) is 17.1 Å². The Balaban J connectivity index is 1.60. The summed E-state index contributed by atoms with van der Waals surface area (Å²) in [5.41, 5.74) is 0.995. The van der Waals surface area contributed by atoms with Crippen LogP contribution < -0.4 is 4.74 Å². The van der Waals surface area contributed by atoms with Crippen molar-refractivity contribution in [3.05, 3.63) is 60.2 Å². The van der Waals surface area contributed by atoms with Gasteiger partial charge in [0.25, 0.3) is 0 Å². The highest BCUT2D eigenvalue weighted by Gasteiger charge is 2.34. The third kappa shape index (κ3) is 3.74. The molecule has 1 amide bonds. The minimum Gasteiger partial charge on any atom is -0.469 e. The maximum atomic E-state index is 12.0. The molecule has 1 aliphatic rings. The van der Waals surface area contributed by atoms with E-state index >= 15 is 0 Å². The Hall–Kier alpha value is -2.82. The van der Waals surface area contributed by atoms with E-state index in [1.54, 1.807) is 4.90 Å². The van der Waals surface area contributed by atoms with Crippen LogP contribution in [-0.2, 0) is 20.9 Å². The van der Waals surface area contributed by atoms with Gasteiger partial charge in [-0.2, -0.15) is 0 Å². The molecule has 1 heterocycles. The average Bonchev–Trinajstić information content (AvgIpc) is 2.97. The predicted octanol–water partition coefficient (Wildman–Crippen LogP) is 3.00. The zero-order valence-corrected chi connectivity index (χ0v) is 13.5. The fraction of sp³-hybridized carbons (Fsp3) is 0.263. The molecule has 1 unspecified atom stereocenters. The van der Waals surface area contributed by atoms with E-state index in [9.17, 15) is 9.59 Å². The van der Waals surface area contributed by atoms with Crippen molar-refractivity contribution in [1.82, 2.24) is 4.90 Å². The molecular formula is C19H19NO4. The smallest absolute Gasteiger partial charge is 0.310 e. The van der Waals surface area contributed by atoms with E-state index in [0.29, 0.717) is 13.1 Å². The number of methoxy groups -OCH3 is 1. The Bertz CT molecular complexity index is 712. The van der Waals surface area contributed by atoms with Gasteiger partial charge in [0.1, 0.15) is 11.5 Å². The Morgan fingerprint density at radius 3 is 2.42 bits per heavy atom. The third-order valence-electron chi connectivity index (χ3n) is 4.02. The highest BCUT2D eigenvalue weighted by atomic mass is 16.5. The van der Waals surface area contributed by atoms with Gasteiger partial charge in [0.15, 0.2) is 0 Å². The number of hydrogen-bond acceptors (Lipinski definition) is 4. The Labute approximate surface area is 140 Å². The van der Waals surface area contributed by atoms with E-state index in [1.165, 1.54) is 7.11 Å². The van der Waals surface area contributed by atoms with Crippen LogP contribution in [-0.4, -0.2) is 30.4 Å². The quantitative estimate of drug-likeness (QED) is 0.793. The van der Waals surface area contributed by atoms with Gasteiger partial charge < -0.3 is 14.4 Å². The van der Waals surface area contributed by atoms with Gasteiger partial charge in [-0.1, -0.05) is 30.3 Å². The summed E-state index contributed by atoms with van der Waals surface area (Å²) < 4.78 is 10.5. The van der Waals surface area contributed by atoms with Gasteiger partial charge in [-0.25, -0.2) is 0 Å². The minimum atomic E-state index is -0.358. The van der Waals surface area contributed by atoms with Gasteiger partial charge in [0, 0.05) is 19.5 Å². The molecule has 1 aliphatic heterocycles. The highest BCUT2D eigenvalue weighted by molar-refractivity contribution is 5.86. The summed E-state index contributed by atoms with van der Waals surface area (Å²) in [6.07, 6.45) is 0.224. The number of ether oxygens (including phenoxy) is 2. The second-order valence-corrected chi connectivity index (χ2v) is 5.76. The fourth-order valence-corrected chi connectivity index (χ4v) is 2.76. The second kappa shape index (κ2) is 7.17.